The molecule has 54 heavy (non-hydrogen) atoms. The summed E-state index contributed by atoms with van der Waals surface area (Å²) in [5.74, 6) is -0.825. The molecule has 1 unspecified atom stereocenters. The molecule has 3 aliphatic heterocycles. The summed E-state index contributed by atoms with van der Waals surface area (Å²) in [6.07, 6.45) is -0.415. The Balaban J connectivity index is 1.28. The Hall–Kier alpha value is -5.31. The number of carbonyl (C=O) groups excluding carboxylic acids is 2. The smallest absolute Gasteiger partial charge is 0.249 e. The number of Topliss-reactive ketones (excluding diaryl/α,β-unsaturated/α-hetero) is 1. The minimum absolute atomic E-state index is 0.0888. The number of nitrogens with zero attached hydrogens (tertiary/aromatic N) is 2. The number of ether oxygens (including phenoxy) is 1. The molecular weight excluding hydrogens is 711 g/mol. The molecule has 0 fully saturated rings. The highest BCUT2D eigenvalue weighted by molar-refractivity contribution is 7.89. The molecule has 1 spiro atoms. The van der Waals surface area contributed by atoms with Crippen LogP contribution in [0.2, 0.25) is 0 Å². The fourth-order valence-corrected chi connectivity index (χ4v) is 8.67. The van der Waals surface area contributed by atoms with E-state index in [1.165, 1.54) is 18.4 Å². The van der Waals surface area contributed by atoms with Gasteiger partial charge in [0.05, 0.1) is 17.1 Å². The lowest BCUT2D eigenvalue weighted by molar-refractivity contribution is -0.135. The van der Waals surface area contributed by atoms with Crippen LogP contribution in [0.1, 0.15) is 74.2 Å². The second-order valence-electron chi connectivity index (χ2n) is 14.8. The van der Waals surface area contributed by atoms with Crippen molar-refractivity contribution in [1.82, 2.24) is 20.0 Å². The van der Waals surface area contributed by atoms with E-state index < -0.39 is 45.5 Å². The average molecular weight is 752 g/mol. The zero-order chi connectivity index (χ0) is 37.9. The summed E-state index contributed by atoms with van der Waals surface area (Å²) in [4.78, 5) is 37.2. The zero-order valence-corrected chi connectivity index (χ0v) is 31.0. The number of nitrogens with one attached hydrogen (secondary N) is 3. The predicted molar refractivity (Wildman–Crippen MR) is 197 cm³/mol. The minimum Gasteiger partial charge on any atom is -0.469 e. The second kappa shape index (κ2) is 13.5. The average Bonchev–Trinajstić information content (AvgIpc) is 3.93. The van der Waals surface area contributed by atoms with Gasteiger partial charge in [0.25, 0.3) is 0 Å². The standard InChI is InChI=1S/C40H41N5O8S/c1-21(2)32-38-45-33(37-42-25(20-51-37)19-41-54(49,50)26-10-6-5-7-11-26)35(53-38)40-27-12-8-9-13-29(27)43-39(40)52-31-15-14-23(17-28(31)40)16-24(36(48)44-32)18-30(46)34(47)22(3)4/h5-15,17,20-22,24,32,34,39,41,43,47H,16,18-19H2,1-4H3,(H,44,48)/t24-,32+,34+,39+,40?/m1/s1. The van der Waals surface area contributed by atoms with Gasteiger partial charge in [0, 0.05) is 23.6 Å². The third-order valence-corrected chi connectivity index (χ3v) is 11.9. The molecule has 0 aliphatic carbocycles. The van der Waals surface area contributed by atoms with Gasteiger partial charge >= 0.3 is 0 Å². The summed E-state index contributed by atoms with van der Waals surface area (Å²) in [6, 6.07) is 20.9. The molecule has 1 amide bonds. The largest absolute Gasteiger partial charge is 0.469 e. The van der Waals surface area contributed by atoms with Crippen LogP contribution in [0.3, 0.4) is 0 Å². The molecule has 5 aromatic rings. The summed E-state index contributed by atoms with van der Waals surface area (Å²) in [5, 5.41) is 17.3. The van der Waals surface area contributed by atoms with Crippen LogP contribution in [0.5, 0.6) is 5.75 Å². The lowest BCUT2D eigenvalue weighted by Gasteiger charge is -2.28. The maximum absolute atomic E-state index is 14.2. The molecule has 4 bridgehead atoms. The lowest BCUT2D eigenvalue weighted by atomic mass is 9.72. The van der Waals surface area contributed by atoms with E-state index in [0.717, 1.165) is 22.4 Å². The highest BCUT2D eigenvalue weighted by Crippen LogP contribution is 2.59. The molecule has 2 aromatic heterocycles. The molecule has 0 saturated carbocycles. The van der Waals surface area contributed by atoms with Crippen LogP contribution in [-0.2, 0) is 38.0 Å². The van der Waals surface area contributed by atoms with Crippen LogP contribution in [0.25, 0.3) is 11.6 Å². The Morgan fingerprint density at radius 3 is 2.52 bits per heavy atom. The van der Waals surface area contributed by atoms with Crippen molar-refractivity contribution in [2.45, 2.75) is 75.8 Å². The first-order valence-corrected chi connectivity index (χ1v) is 19.5. The van der Waals surface area contributed by atoms with Gasteiger partial charge in [-0.25, -0.2) is 23.1 Å². The van der Waals surface area contributed by atoms with E-state index in [9.17, 15) is 23.1 Å². The van der Waals surface area contributed by atoms with E-state index in [2.05, 4.69) is 20.3 Å². The van der Waals surface area contributed by atoms with Crippen molar-refractivity contribution in [2.24, 2.45) is 17.8 Å². The molecule has 14 heteroatoms. The highest BCUT2D eigenvalue weighted by atomic mass is 32.2. The predicted octanol–water partition coefficient (Wildman–Crippen LogP) is 5.25. The number of aromatic nitrogens is 2. The first-order valence-electron chi connectivity index (χ1n) is 18.0. The highest BCUT2D eigenvalue weighted by Gasteiger charge is 2.61. The van der Waals surface area contributed by atoms with Gasteiger partial charge in [0.2, 0.25) is 27.7 Å². The van der Waals surface area contributed by atoms with Crippen LogP contribution < -0.4 is 20.1 Å². The van der Waals surface area contributed by atoms with E-state index in [0.29, 0.717) is 17.2 Å². The Labute approximate surface area is 312 Å². The number of rotatable bonds is 10. The summed E-state index contributed by atoms with van der Waals surface area (Å²) in [5.41, 5.74) is 2.73. The number of anilines is 1. The van der Waals surface area contributed by atoms with Crippen molar-refractivity contribution in [2.75, 3.05) is 5.32 Å². The van der Waals surface area contributed by atoms with Gasteiger partial charge in [-0.15, -0.1) is 0 Å². The summed E-state index contributed by atoms with van der Waals surface area (Å²) >= 11 is 0. The number of aliphatic hydroxyl groups excluding tert-OH is 1. The van der Waals surface area contributed by atoms with E-state index in [1.807, 2.05) is 56.3 Å². The van der Waals surface area contributed by atoms with Crippen molar-refractivity contribution < 1.29 is 36.7 Å². The van der Waals surface area contributed by atoms with Crippen LogP contribution in [0.15, 0.2) is 92.8 Å². The number of benzene rings is 3. The van der Waals surface area contributed by atoms with Gasteiger partial charge in [0.15, 0.2) is 23.5 Å². The number of fused-ring (bicyclic) bond motifs is 4. The van der Waals surface area contributed by atoms with E-state index in [4.69, 9.17) is 18.6 Å². The molecule has 5 atom stereocenters. The number of amides is 1. The molecule has 5 heterocycles. The quantitative estimate of drug-likeness (QED) is 0.146. The molecule has 0 saturated heterocycles. The third kappa shape index (κ3) is 5.98. The number of para-hydroxylation sites is 1. The fourth-order valence-electron chi connectivity index (χ4n) is 7.65. The van der Waals surface area contributed by atoms with E-state index in [1.54, 1.807) is 32.0 Å². The van der Waals surface area contributed by atoms with Crippen molar-refractivity contribution in [3.63, 3.8) is 0 Å². The van der Waals surface area contributed by atoms with Gasteiger partial charge in [-0.05, 0) is 53.6 Å². The molecule has 0 radical (unpaired) electrons. The Morgan fingerprint density at radius 1 is 1.00 bits per heavy atom. The first kappa shape index (κ1) is 35.7. The number of aliphatic hydroxyl groups is 1. The third-order valence-electron chi connectivity index (χ3n) is 10.5. The van der Waals surface area contributed by atoms with Crippen LogP contribution in [0.4, 0.5) is 5.69 Å². The second-order valence-corrected chi connectivity index (χ2v) is 16.6. The first-order chi connectivity index (χ1) is 25.9. The Morgan fingerprint density at radius 2 is 1.76 bits per heavy atom. The summed E-state index contributed by atoms with van der Waals surface area (Å²) in [6.45, 7) is 7.24. The van der Waals surface area contributed by atoms with Gasteiger partial charge < -0.3 is 29.3 Å². The van der Waals surface area contributed by atoms with Gasteiger partial charge in [0.1, 0.15) is 29.6 Å². The van der Waals surface area contributed by atoms with Crippen molar-refractivity contribution >= 4 is 27.4 Å². The monoisotopic (exact) mass is 751 g/mol. The number of ketones is 1. The number of hydrogen-bond donors (Lipinski definition) is 4. The molecule has 8 rings (SSSR count). The number of carbonyl (C=O) groups is 2. The molecular formula is C40H41N5O8S. The van der Waals surface area contributed by atoms with Gasteiger partial charge in [-0.2, -0.15) is 0 Å². The van der Waals surface area contributed by atoms with Crippen LogP contribution in [0, 0.1) is 17.8 Å². The van der Waals surface area contributed by atoms with Gasteiger partial charge in [-0.3, -0.25) is 9.59 Å². The number of oxazole rings is 2. The van der Waals surface area contributed by atoms with Crippen LogP contribution >= 0.6 is 0 Å². The topological polar surface area (TPSA) is 186 Å². The molecule has 13 nitrogen and oxygen atoms in total. The normalized spacial score (nSPS) is 22.1. The molecule has 3 aromatic carbocycles. The summed E-state index contributed by atoms with van der Waals surface area (Å²) in [7, 11) is -3.83. The molecule has 3 aliphatic rings. The zero-order valence-electron chi connectivity index (χ0n) is 30.2. The maximum Gasteiger partial charge on any atom is 0.249 e. The summed E-state index contributed by atoms with van der Waals surface area (Å²) < 4.78 is 48.1. The Bertz CT molecular complexity index is 2350. The van der Waals surface area contributed by atoms with E-state index >= 15 is 0 Å². The lowest BCUT2D eigenvalue weighted by Crippen LogP contribution is -2.41. The fraction of sp³-hybridized carbons (Fsp3) is 0.350. The van der Waals surface area contributed by atoms with Crippen LogP contribution in [-0.4, -0.2) is 47.5 Å². The minimum atomic E-state index is -3.83. The van der Waals surface area contributed by atoms with E-state index in [-0.39, 0.29) is 59.5 Å². The SMILES string of the molecule is CC(C)[C@H](O)C(=O)C[C@H]1Cc2ccc3c(c2)C2(c4ccccc4N[C@H]2O3)c2oc(nc2-c2nc(CNS(=O)(=O)c3ccccc3)co2)[C@H](C(C)C)NC1=O. The molecule has 4 N–H and O–H groups in total. The Kier molecular flexibility index (Phi) is 8.94. The van der Waals surface area contributed by atoms with Crippen molar-refractivity contribution in [1.29, 1.82) is 0 Å². The van der Waals surface area contributed by atoms with Crippen molar-refractivity contribution in [3.05, 3.63) is 113 Å². The maximum atomic E-state index is 14.2. The van der Waals surface area contributed by atoms with Gasteiger partial charge in [-0.1, -0.05) is 76.2 Å². The molecule has 280 valence electrons. The number of sulfonamides is 1. The van der Waals surface area contributed by atoms with Crippen molar-refractivity contribution in [3.8, 4) is 17.3 Å². The number of hydrogen-bond acceptors (Lipinski definition) is 11.